The minimum Gasteiger partial charge on any atom is -0.494 e. The summed E-state index contributed by atoms with van der Waals surface area (Å²) in [6.45, 7) is 2.15. The number of ether oxygens (including phenoxy) is 2. The molecule has 0 aliphatic heterocycles. The van der Waals surface area contributed by atoms with Gasteiger partial charge in [0.1, 0.15) is 11.5 Å². The summed E-state index contributed by atoms with van der Waals surface area (Å²) < 4.78 is 35.5. The Morgan fingerprint density at radius 3 is 2.71 bits per heavy atom. The molecule has 3 N–H and O–H groups in total. The molecule has 1 amide bonds. The fraction of sp³-hybridized carbons (Fsp3) is 0.300. The van der Waals surface area contributed by atoms with Crippen LogP contribution in [0.15, 0.2) is 24.3 Å². The van der Waals surface area contributed by atoms with E-state index in [2.05, 4.69) is 10.6 Å². The van der Waals surface area contributed by atoms with E-state index >= 15 is 0 Å². The molecule has 0 spiro atoms. The lowest BCUT2D eigenvalue weighted by Gasteiger charge is -2.16. The molecule has 0 unspecified atom stereocenters. The number of amides is 1. The standard InChI is InChI=1S/C10H12F2N2O3/c1-2-16-7-4-3-5-8(6-7)17-10(11,12)9(15)14-13/h3-6H,2,13H2,1H3,(H,14,15). The van der Waals surface area contributed by atoms with Gasteiger partial charge in [0.25, 0.3) is 0 Å². The summed E-state index contributed by atoms with van der Waals surface area (Å²) in [5, 5.41) is 0. The summed E-state index contributed by atoms with van der Waals surface area (Å²) in [7, 11) is 0. The van der Waals surface area contributed by atoms with Gasteiger partial charge in [0, 0.05) is 6.07 Å². The molecule has 0 atom stereocenters. The normalized spacial score (nSPS) is 10.8. The molecule has 0 aliphatic carbocycles. The molecule has 0 saturated carbocycles. The van der Waals surface area contributed by atoms with Crippen molar-refractivity contribution in [3.05, 3.63) is 24.3 Å². The Bertz CT molecular complexity index is 399. The van der Waals surface area contributed by atoms with E-state index in [-0.39, 0.29) is 5.75 Å². The molecule has 1 aromatic carbocycles. The number of hydrazine groups is 1. The highest BCUT2D eigenvalue weighted by molar-refractivity contribution is 5.81. The number of carbonyl (C=O) groups is 1. The van der Waals surface area contributed by atoms with Gasteiger partial charge in [-0.2, -0.15) is 8.78 Å². The molecule has 94 valence electrons. The number of benzene rings is 1. The van der Waals surface area contributed by atoms with Crippen LogP contribution in [0.3, 0.4) is 0 Å². The fourth-order valence-corrected chi connectivity index (χ4v) is 1.07. The molecule has 7 heteroatoms. The van der Waals surface area contributed by atoms with Crippen molar-refractivity contribution in [3.63, 3.8) is 0 Å². The minimum atomic E-state index is -4.03. The zero-order chi connectivity index (χ0) is 12.9. The number of nitrogens with one attached hydrogen (secondary N) is 1. The summed E-state index contributed by atoms with van der Waals surface area (Å²) in [6, 6.07) is 5.58. The van der Waals surface area contributed by atoms with E-state index in [9.17, 15) is 13.6 Å². The molecule has 0 fully saturated rings. The van der Waals surface area contributed by atoms with Crippen molar-refractivity contribution in [2.45, 2.75) is 13.0 Å². The second kappa shape index (κ2) is 5.44. The quantitative estimate of drug-likeness (QED) is 0.462. The van der Waals surface area contributed by atoms with Gasteiger partial charge in [-0.3, -0.25) is 10.2 Å². The van der Waals surface area contributed by atoms with Crippen LogP contribution in [0.4, 0.5) is 8.78 Å². The van der Waals surface area contributed by atoms with Gasteiger partial charge in [0.2, 0.25) is 0 Å². The summed E-state index contributed by atoms with van der Waals surface area (Å²) in [4.78, 5) is 10.7. The molecular formula is C10H12F2N2O3. The summed E-state index contributed by atoms with van der Waals surface area (Å²) >= 11 is 0. The molecule has 5 nitrogen and oxygen atoms in total. The van der Waals surface area contributed by atoms with E-state index in [1.54, 1.807) is 13.0 Å². The van der Waals surface area contributed by atoms with E-state index < -0.39 is 12.0 Å². The summed E-state index contributed by atoms with van der Waals surface area (Å²) in [6.07, 6.45) is -4.03. The van der Waals surface area contributed by atoms with Crippen LogP contribution in [0.2, 0.25) is 0 Å². The number of rotatable bonds is 5. The molecule has 0 heterocycles. The van der Waals surface area contributed by atoms with Crippen LogP contribution in [0, 0.1) is 0 Å². The third-order valence-electron chi connectivity index (χ3n) is 1.76. The average molecular weight is 246 g/mol. The third kappa shape index (κ3) is 3.56. The van der Waals surface area contributed by atoms with Crippen molar-refractivity contribution in [2.24, 2.45) is 5.84 Å². The lowest BCUT2D eigenvalue weighted by molar-refractivity contribution is -0.192. The number of carbonyl (C=O) groups excluding carboxylic acids is 1. The number of alkyl halides is 2. The maximum Gasteiger partial charge on any atom is 0.483 e. The molecule has 0 saturated heterocycles. The average Bonchev–Trinajstić information content (AvgIpc) is 2.28. The monoisotopic (exact) mass is 246 g/mol. The number of halogens is 2. The van der Waals surface area contributed by atoms with Crippen molar-refractivity contribution in [3.8, 4) is 11.5 Å². The van der Waals surface area contributed by atoms with E-state index in [0.717, 1.165) is 0 Å². The van der Waals surface area contributed by atoms with E-state index in [1.807, 2.05) is 0 Å². The topological polar surface area (TPSA) is 73.6 Å². The van der Waals surface area contributed by atoms with Gasteiger partial charge in [0.15, 0.2) is 0 Å². The van der Waals surface area contributed by atoms with Gasteiger partial charge in [-0.15, -0.1) is 0 Å². The maximum absolute atomic E-state index is 13.1. The molecular weight excluding hydrogens is 234 g/mol. The fourth-order valence-electron chi connectivity index (χ4n) is 1.07. The molecule has 0 aromatic heterocycles. The van der Waals surface area contributed by atoms with Gasteiger partial charge in [0.05, 0.1) is 6.61 Å². The van der Waals surface area contributed by atoms with Gasteiger partial charge < -0.3 is 9.47 Å². The van der Waals surface area contributed by atoms with Crippen molar-refractivity contribution in [1.29, 1.82) is 0 Å². The second-order valence-corrected chi connectivity index (χ2v) is 3.00. The van der Waals surface area contributed by atoms with Gasteiger partial charge in [-0.1, -0.05) is 6.07 Å². The van der Waals surface area contributed by atoms with Crippen molar-refractivity contribution in [2.75, 3.05) is 6.61 Å². The highest BCUT2D eigenvalue weighted by Crippen LogP contribution is 2.25. The number of hydrogen-bond acceptors (Lipinski definition) is 4. The first kappa shape index (κ1) is 13.2. The van der Waals surface area contributed by atoms with Crippen LogP contribution in [0.25, 0.3) is 0 Å². The molecule has 0 bridgehead atoms. The number of nitrogens with two attached hydrogens (primary N) is 1. The molecule has 0 aliphatic rings. The first-order valence-corrected chi connectivity index (χ1v) is 4.80. The molecule has 0 radical (unpaired) electrons. The SMILES string of the molecule is CCOc1cccc(OC(F)(F)C(=O)NN)c1. The minimum absolute atomic E-state index is 0.190. The highest BCUT2D eigenvalue weighted by atomic mass is 19.3. The Kier molecular flexibility index (Phi) is 4.22. The zero-order valence-corrected chi connectivity index (χ0v) is 9.07. The van der Waals surface area contributed by atoms with E-state index in [1.165, 1.54) is 23.6 Å². The van der Waals surface area contributed by atoms with Crippen LogP contribution in [0.1, 0.15) is 6.92 Å². The third-order valence-corrected chi connectivity index (χ3v) is 1.76. The van der Waals surface area contributed by atoms with Crippen LogP contribution < -0.4 is 20.7 Å². The Morgan fingerprint density at radius 1 is 1.47 bits per heavy atom. The number of hydrogen-bond donors (Lipinski definition) is 2. The summed E-state index contributed by atoms with van der Waals surface area (Å²) in [5.74, 6) is 3.06. The van der Waals surface area contributed by atoms with Crippen LogP contribution in [-0.4, -0.2) is 18.6 Å². The molecule has 1 rings (SSSR count). The predicted octanol–water partition coefficient (Wildman–Crippen LogP) is 1.05. The Balaban J connectivity index is 2.80. The first-order valence-electron chi connectivity index (χ1n) is 4.80. The van der Waals surface area contributed by atoms with Gasteiger partial charge in [-0.05, 0) is 19.1 Å². The molecule has 1 aromatic rings. The maximum atomic E-state index is 13.1. The summed E-state index contributed by atoms with van der Waals surface area (Å²) in [5.41, 5.74) is 1.32. The van der Waals surface area contributed by atoms with Crippen molar-refractivity contribution in [1.82, 2.24) is 5.43 Å². The Labute approximate surface area is 96.5 Å². The van der Waals surface area contributed by atoms with Crippen LogP contribution >= 0.6 is 0 Å². The van der Waals surface area contributed by atoms with Gasteiger partial charge >= 0.3 is 12.0 Å². The molecule has 17 heavy (non-hydrogen) atoms. The Morgan fingerprint density at radius 2 is 2.12 bits per heavy atom. The van der Waals surface area contributed by atoms with E-state index in [4.69, 9.17) is 4.74 Å². The second-order valence-electron chi connectivity index (χ2n) is 3.00. The largest absolute Gasteiger partial charge is 0.494 e. The Hall–Kier alpha value is -1.89. The predicted molar refractivity (Wildman–Crippen MR) is 55.5 cm³/mol. The van der Waals surface area contributed by atoms with Crippen LogP contribution in [0.5, 0.6) is 11.5 Å². The smallest absolute Gasteiger partial charge is 0.483 e. The van der Waals surface area contributed by atoms with Crippen LogP contribution in [-0.2, 0) is 4.79 Å². The highest BCUT2D eigenvalue weighted by Gasteiger charge is 2.41. The van der Waals surface area contributed by atoms with E-state index in [0.29, 0.717) is 12.4 Å². The van der Waals surface area contributed by atoms with Gasteiger partial charge in [-0.25, -0.2) is 5.84 Å². The lowest BCUT2D eigenvalue weighted by atomic mass is 10.3. The first-order chi connectivity index (χ1) is 7.99. The lowest BCUT2D eigenvalue weighted by Crippen LogP contribution is -2.47. The van der Waals surface area contributed by atoms with Crippen molar-refractivity contribution >= 4 is 5.91 Å². The zero-order valence-electron chi connectivity index (χ0n) is 9.07. The van der Waals surface area contributed by atoms with Crippen molar-refractivity contribution < 1.29 is 23.0 Å².